The molecule has 6 nitrogen and oxygen atoms in total. The zero-order valence-electron chi connectivity index (χ0n) is 15.7. The number of rotatable bonds is 4. The third-order valence-corrected chi connectivity index (χ3v) is 7.23. The van der Waals surface area contributed by atoms with Gasteiger partial charge in [-0.15, -0.1) is 0 Å². The normalized spacial score (nSPS) is 13.6. The number of aromatic nitrogens is 3. The van der Waals surface area contributed by atoms with E-state index in [9.17, 15) is 8.42 Å². The van der Waals surface area contributed by atoms with Gasteiger partial charge in [0.25, 0.3) is 10.0 Å². The molecule has 1 aliphatic heterocycles. The van der Waals surface area contributed by atoms with Crippen LogP contribution in [0.15, 0.2) is 70.8 Å². The van der Waals surface area contributed by atoms with Gasteiger partial charge in [0.1, 0.15) is 4.90 Å². The van der Waals surface area contributed by atoms with E-state index in [1.807, 2.05) is 43.5 Å². The Morgan fingerprint density at radius 1 is 1.03 bits per heavy atom. The van der Waals surface area contributed by atoms with Crippen molar-refractivity contribution in [2.45, 2.75) is 23.5 Å². The van der Waals surface area contributed by atoms with E-state index in [-0.39, 0.29) is 4.90 Å². The van der Waals surface area contributed by atoms with Crippen LogP contribution in [0.4, 0.5) is 5.69 Å². The summed E-state index contributed by atoms with van der Waals surface area (Å²) < 4.78 is 30.8. The van der Waals surface area contributed by atoms with E-state index in [0.29, 0.717) is 11.2 Å². The predicted octanol–water partition coefficient (Wildman–Crippen LogP) is 4.31. The second kappa shape index (κ2) is 6.89. The molecule has 5 rings (SSSR count). The number of imidazole rings is 1. The van der Waals surface area contributed by atoms with Gasteiger partial charge in [0.2, 0.25) is 0 Å². The average molecular weight is 423 g/mol. The lowest BCUT2D eigenvalue weighted by Crippen LogP contribution is -2.13. The highest BCUT2D eigenvalue weighted by molar-refractivity contribution is 7.99. The van der Waals surface area contributed by atoms with Crippen molar-refractivity contribution in [2.75, 3.05) is 10.5 Å². The number of nitrogens with one attached hydrogen (secondary N) is 1. The van der Waals surface area contributed by atoms with Crippen LogP contribution in [0.25, 0.3) is 22.2 Å². The van der Waals surface area contributed by atoms with Gasteiger partial charge in [0.05, 0.1) is 11.2 Å². The smallest absolute Gasteiger partial charge is 0.264 e. The number of fused-ring (bicyclic) bond motifs is 2. The summed E-state index contributed by atoms with van der Waals surface area (Å²) in [6.07, 6.45) is 2.04. The minimum atomic E-state index is -3.77. The number of anilines is 1. The van der Waals surface area contributed by atoms with Crippen molar-refractivity contribution in [3.63, 3.8) is 0 Å². The molecule has 2 aromatic heterocycles. The number of hydrogen-bond acceptors (Lipinski definition) is 5. The van der Waals surface area contributed by atoms with Crippen LogP contribution in [0.3, 0.4) is 0 Å². The van der Waals surface area contributed by atoms with E-state index in [1.54, 1.807) is 36.0 Å². The summed E-state index contributed by atoms with van der Waals surface area (Å²) in [5.74, 6) is 1.06. The summed E-state index contributed by atoms with van der Waals surface area (Å²) in [6.45, 7) is 2.82. The maximum Gasteiger partial charge on any atom is 0.264 e. The highest BCUT2D eigenvalue weighted by Gasteiger charge is 2.19. The summed E-state index contributed by atoms with van der Waals surface area (Å²) in [4.78, 5) is 9.24. The fourth-order valence-electron chi connectivity index (χ4n) is 3.40. The summed E-state index contributed by atoms with van der Waals surface area (Å²) in [5.41, 5.74) is 3.60. The van der Waals surface area contributed by atoms with Crippen LogP contribution in [0.5, 0.6) is 0 Å². The van der Waals surface area contributed by atoms with Crippen LogP contribution >= 0.6 is 11.8 Å². The number of benzene rings is 2. The van der Waals surface area contributed by atoms with Gasteiger partial charge in [-0.2, -0.15) is 0 Å². The highest BCUT2D eigenvalue weighted by Crippen LogP contribution is 2.30. The number of hydrogen-bond donors (Lipinski definition) is 1. The molecule has 0 spiro atoms. The summed E-state index contributed by atoms with van der Waals surface area (Å²) in [5, 5.41) is 1.82. The summed E-state index contributed by atoms with van der Waals surface area (Å²) in [7, 11) is -3.77. The molecule has 3 heterocycles. The number of sulfonamides is 1. The van der Waals surface area contributed by atoms with Crippen molar-refractivity contribution in [2.24, 2.45) is 0 Å². The fraction of sp³-hybridized carbons (Fsp3) is 0.143. The van der Waals surface area contributed by atoms with Gasteiger partial charge in [-0.1, -0.05) is 42.1 Å². The first kappa shape index (κ1) is 18.2. The maximum absolute atomic E-state index is 13.0. The topological polar surface area (TPSA) is 76.9 Å². The van der Waals surface area contributed by atoms with Crippen molar-refractivity contribution < 1.29 is 8.42 Å². The molecule has 0 unspecified atom stereocenters. The van der Waals surface area contributed by atoms with Crippen molar-refractivity contribution in [3.05, 3.63) is 66.5 Å². The van der Waals surface area contributed by atoms with E-state index in [2.05, 4.69) is 19.3 Å². The molecule has 0 radical (unpaired) electrons. The molecule has 0 atom stereocenters. The lowest BCUT2D eigenvalue weighted by molar-refractivity contribution is 0.602. The van der Waals surface area contributed by atoms with E-state index in [4.69, 9.17) is 0 Å². The van der Waals surface area contributed by atoms with Crippen LogP contribution in [0.2, 0.25) is 0 Å². The number of aryl methyl sites for hydroxylation is 2. The molecule has 0 saturated carbocycles. The molecule has 0 saturated heterocycles. The molecule has 0 amide bonds. The molecular weight excluding hydrogens is 404 g/mol. The Labute approximate surface area is 173 Å². The van der Waals surface area contributed by atoms with Crippen molar-refractivity contribution in [1.82, 2.24) is 14.5 Å². The lowest BCUT2D eigenvalue weighted by atomic mass is 10.1. The molecule has 1 aliphatic rings. The quantitative estimate of drug-likeness (QED) is 0.530. The first-order valence-corrected chi connectivity index (χ1v) is 11.7. The monoisotopic (exact) mass is 422 g/mol. The third kappa shape index (κ3) is 3.38. The van der Waals surface area contributed by atoms with Crippen molar-refractivity contribution >= 4 is 38.4 Å². The second-order valence-corrected chi connectivity index (χ2v) is 9.63. The molecule has 0 bridgehead atoms. The van der Waals surface area contributed by atoms with Crippen molar-refractivity contribution in [3.8, 4) is 11.3 Å². The maximum atomic E-state index is 13.0. The standard InChI is InChI=1S/C21H18N4O2S2/c1-14-5-6-16-3-2-4-19(20(16)22-14)29(26,27)24-17-9-7-15(8-10-17)18-13-25-11-12-28-21(25)23-18/h2-10,13,24H,11-12H2,1H3. The number of para-hydroxylation sites is 1. The summed E-state index contributed by atoms with van der Waals surface area (Å²) in [6, 6.07) is 16.2. The van der Waals surface area contributed by atoms with Crippen LogP contribution in [0.1, 0.15) is 5.69 Å². The summed E-state index contributed by atoms with van der Waals surface area (Å²) >= 11 is 1.75. The van der Waals surface area contributed by atoms with E-state index < -0.39 is 10.0 Å². The Hall–Kier alpha value is -2.84. The molecule has 0 aliphatic carbocycles. The Bertz CT molecular complexity index is 1310. The molecule has 8 heteroatoms. The van der Waals surface area contributed by atoms with Gasteiger partial charge in [-0.3, -0.25) is 9.71 Å². The van der Waals surface area contributed by atoms with E-state index >= 15 is 0 Å². The largest absolute Gasteiger partial charge is 0.325 e. The molecule has 1 N–H and O–H groups in total. The van der Waals surface area contributed by atoms with Crippen LogP contribution in [0, 0.1) is 6.92 Å². The SMILES string of the molecule is Cc1ccc2cccc(S(=O)(=O)Nc3ccc(-c4cn5c(n4)SCC5)cc3)c2n1. The van der Waals surface area contributed by atoms with Crippen LogP contribution in [-0.4, -0.2) is 28.7 Å². The van der Waals surface area contributed by atoms with Crippen LogP contribution in [-0.2, 0) is 16.6 Å². The zero-order chi connectivity index (χ0) is 20.0. The highest BCUT2D eigenvalue weighted by atomic mass is 32.2. The van der Waals surface area contributed by atoms with Gasteiger partial charge in [0.15, 0.2) is 5.16 Å². The van der Waals surface area contributed by atoms with Gasteiger partial charge in [-0.05, 0) is 31.2 Å². The Morgan fingerprint density at radius 3 is 2.66 bits per heavy atom. The van der Waals surface area contributed by atoms with E-state index in [0.717, 1.165) is 39.8 Å². The Morgan fingerprint density at radius 2 is 1.86 bits per heavy atom. The minimum Gasteiger partial charge on any atom is -0.325 e. The first-order valence-electron chi connectivity index (χ1n) is 9.19. The van der Waals surface area contributed by atoms with E-state index in [1.165, 1.54) is 0 Å². The minimum absolute atomic E-state index is 0.172. The predicted molar refractivity (Wildman–Crippen MR) is 116 cm³/mol. The molecule has 146 valence electrons. The number of thioether (sulfide) groups is 1. The Balaban J connectivity index is 1.44. The lowest BCUT2D eigenvalue weighted by Gasteiger charge is -2.11. The third-order valence-electron chi connectivity index (χ3n) is 4.85. The van der Waals surface area contributed by atoms with Gasteiger partial charge in [0, 0.05) is 40.8 Å². The second-order valence-electron chi connectivity index (χ2n) is 6.91. The first-order chi connectivity index (χ1) is 14.0. The van der Waals surface area contributed by atoms with Gasteiger partial charge in [-0.25, -0.2) is 13.4 Å². The van der Waals surface area contributed by atoms with Crippen LogP contribution < -0.4 is 4.72 Å². The van der Waals surface area contributed by atoms with Crippen molar-refractivity contribution in [1.29, 1.82) is 0 Å². The van der Waals surface area contributed by atoms with Gasteiger partial charge >= 0.3 is 0 Å². The molecule has 4 aromatic rings. The van der Waals surface area contributed by atoms with Gasteiger partial charge < -0.3 is 4.57 Å². The molecule has 0 fully saturated rings. The number of nitrogens with zero attached hydrogens (tertiary/aromatic N) is 3. The molecule has 29 heavy (non-hydrogen) atoms. The number of pyridine rings is 1. The zero-order valence-corrected chi connectivity index (χ0v) is 17.3. The molecular formula is C21H18N4O2S2. The molecule has 2 aromatic carbocycles. The average Bonchev–Trinajstić information content (AvgIpc) is 3.30. The fourth-order valence-corrected chi connectivity index (χ4v) is 5.58. The Kier molecular flexibility index (Phi) is 4.33.